The minimum atomic E-state index is -1.06. The zero-order chi connectivity index (χ0) is 12.8. The van der Waals surface area contributed by atoms with Gasteiger partial charge in [-0.3, -0.25) is 4.79 Å². The van der Waals surface area contributed by atoms with Gasteiger partial charge in [0.05, 0.1) is 12.4 Å². The number of imidazole rings is 1. The van der Waals surface area contributed by atoms with E-state index >= 15 is 0 Å². The molecule has 0 aliphatic rings. The van der Waals surface area contributed by atoms with Crippen molar-refractivity contribution in [2.45, 2.75) is 31.8 Å². The lowest BCUT2D eigenvalue weighted by Gasteiger charge is -2.15. The molecule has 94 valence electrons. The van der Waals surface area contributed by atoms with Gasteiger partial charge < -0.3 is 21.1 Å². The lowest BCUT2D eigenvalue weighted by molar-refractivity contribution is -0.142. The van der Waals surface area contributed by atoms with Crippen LogP contribution in [0, 0.1) is 0 Å². The van der Waals surface area contributed by atoms with Crippen molar-refractivity contribution in [3.8, 4) is 0 Å². The molecule has 7 heteroatoms. The monoisotopic (exact) mass is 240 g/mol. The Labute approximate surface area is 98.4 Å². The molecule has 0 saturated heterocycles. The molecule has 1 heterocycles. The van der Waals surface area contributed by atoms with Gasteiger partial charge in [0.15, 0.2) is 0 Å². The van der Waals surface area contributed by atoms with E-state index < -0.39 is 24.0 Å². The fourth-order valence-electron chi connectivity index (χ4n) is 1.34. The number of nitrogens with two attached hydrogens (primary N) is 1. The first-order valence-electron chi connectivity index (χ1n) is 5.30. The Bertz CT molecular complexity index is 377. The number of rotatable bonds is 6. The summed E-state index contributed by atoms with van der Waals surface area (Å²) in [7, 11) is 0. The van der Waals surface area contributed by atoms with E-state index in [0.29, 0.717) is 12.8 Å². The molecule has 0 aromatic carbocycles. The first-order chi connectivity index (χ1) is 8.04. The Morgan fingerprint density at radius 3 is 2.82 bits per heavy atom. The molecule has 0 bridgehead atoms. The van der Waals surface area contributed by atoms with Gasteiger partial charge in [0.2, 0.25) is 5.91 Å². The fourth-order valence-corrected chi connectivity index (χ4v) is 1.34. The molecular formula is C10H16N4O3. The maximum absolute atomic E-state index is 11.6. The van der Waals surface area contributed by atoms with Gasteiger partial charge in [-0.15, -0.1) is 0 Å². The van der Waals surface area contributed by atoms with Crippen LogP contribution < -0.4 is 11.1 Å². The number of amides is 1. The molecule has 17 heavy (non-hydrogen) atoms. The van der Waals surface area contributed by atoms with Crippen molar-refractivity contribution in [3.05, 3.63) is 18.2 Å². The number of carboxylic acid groups (broad SMARTS) is 1. The number of hydrogen-bond donors (Lipinski definition) is 4. The van der Waals surface area contributed by atoms with Crippen molar-refractivity contribution in [1.82, 2.24) is 15.3 Å². The second-order valence-electron chi connectivity index (χ2n) is 3.70. The third kappa shape index (κ3) is 3.87. The summed E-state index contributed by atoms with van der Waals surface area (Å²) >= 11 is 0. The van der Waals surface area contributed by atoms with Crippen LogP contribution in [0.15, 0.2) is 12.5 Å². The number of H-pyrrole nitrogens is 1. The molecule has 0 fully saturated rings. The van der Waals surface area contributed by atoms with Crippen LogP contribution in [0.1, 0.15) is 19.0 Å². The van der Waals surface area contributed by atoms with Crippen LogP contribution in [0.3, 0.4) is 0 Å². The van der Waals surface area contributed by atoms with E-state index in [1.165, 1.54) is 6.33 Å². The topological polar surface area (TPSA) is 121 Å². The highest BCUT2D eigenvalue weighted by Gasteiger charge is 2.21. The summed E-state index contributed by atoms with van der Waals surface area (Å²) in [5, 5.41) is 11.2. The molecule has 1 aromatic rings. The van der Waals surface area contributed by atoms with Crippen LogP contribution in [0.5, 0.6) is 0 Å². The summed E-state index contributed by atoms with van der Waals surface area (Å²) in [4.78, 5) is 29.0. The summed E-state index contributed by atoms with van der Waals surface area (Å²) in [5.74, 6) is -1.54. The Kier molecular flexibility index (Phi) is 4.65. The molecular weight excluding hydrogens is 224 g/mol. The van der Waals surface area contributed by atoms with Gasteiger partial charge in [0, 0.05) is 18.3 Å². The van der Waals surface area contributed by atoms with Gasteiger partial charge in [-0.05, 0) is 6.42 Å². The third-order valence-corrected chi connectivity index (χ3v) is 2.35. The number of nitrogens with one attached hydrogen (secondary N) is 2. The van der Waals surface area contributed by atoms with Crippen LogP contribution in [0.25, 0.3) is 0 Å². The number of aromatic nitrogens is 2. The molecule has 1 aromatic heterocycles. The molecule has 0 radical (unpaired) electrons. The van der Waals surface area contributed by atoms with Gasteiger partial charge in [-0.25, -0.2) is 9.78 Å². The first-order valence-corrected chi connectivity index (χ1v) is 5.30. The predicted octanol–water partition coefficient (Wildman–Crippen LogP) is -0.741. The molecule has 1 amide bonds. The molecule has 7 nitrogen and oxygen atoms in total. The maximum Gasteiger partial charge on any atom is 0.326 e. The van der Waals surface area contributed by atoms with E-state index in [1.54, 1.807) is 13.1 Å². The second kappa shape index (κ2) is 6.00. The van der Waals surface area contributed by atoms with Gasteiger partial charge >= 0.3 is 5.97 Å². The summed E-state index contributed by atoms with van der Waals surface area (Å²) in [6.45, 7) is 1.68. The average molecular weight is 240 g/mol. The van der Waals surface area contributed by atoms with Crippen molar-refractivity contribution >= 4 is 11.9 Å². The Hall–Kier alpha value is -1.89. The third-order valence-electron chi connectivity index (χ3n) is 2.35. The number of hydrogen-bond acceptors (Lipinski definition) is 4. The second-order valence-corrected chi connectivity index (χ2v) is 3.70. The van der Waals surface area contributed by atoms with Crippen LogP contribution in [-0.2, 0) is 16.0 Å². The average Bonchev–Trinajstić information content (AvgIpc) is 2.77. The summed E-state index contributed by atoms with van der Waals surface area (Å²) < 4.78 is 0. The van der Waals surface area contributed by atoms with Crippen LogP contribution in [0.4, 0.5) is 0 Å². The zero-order valence-electron chi connectivity index (χ0n) is 9.51. The molecule has 5 N–H and O–H groups in total. The van der Waals surface area contributed by atoms with Crippen LogP contribution in [0.2, 0.25) is 0 Å². The van der Waals surface area contributed by atoms with Crippen molar-refractivity contribution in [2.24, 2.45) is 5.73 Å². The van der Waals surface area contributed by atoms with Gasteiger partial charge in [-0.1, -0.05) is 6.92 Å². The van der Waals surface area contributed by atoms with Crippen LogP contribution >= 0.6 is 0 Å². The van der Waals surface area contributed by atoms with Crippen molar-refractivity contribution in [2.75, 3.05) is 0 Å². The molecule has 0 aliphatic carbocycles. The molecule has 1 rings (SSSR count). The minimum Gasteiger partial charge on any atom is -0.480 e. The highest BCUT2D eigenvalue weighted by atomic mass is 16.4. The van der Waals surface area contributed by atoms with E-state index in [2.05, 4.69) is 15.3 Å². The number of aromatic amines is 1. The Morgan fingerprint density at radius 2 is 2.35 bits per heavy atom. The van der Waals surface area contributed by atoms with E-state index in [4.69, 9.17) is 10.8 Å². The quantitative estimate of drug-likeness (QED) is 0.521. The van der Waals surface area contributed by atoms with E-state index in [0.717, 1.165) is 5.69 Å². The van der Waals surface area contributed by atoms with Gasteiger partial charge in [0.1, 0.15) is 6.04 Å². The number of carbonyl (C=O) groups is 2. The Balaban J connectivity index is 2.49. The largest absolute Gasteiger partial charge is 0.480 e. The molecule has 0 aliphatic heterocycles. The zero-order valence-corrected chi connectivity index (χ0v) is 9.51. The summed E-state index contributed by atoms with van der Waals surface area (Å²) in [6.07, 6.45) is 3.67. The van der Waals surface area contributed by atoms with Gasteiger partial charge in [0.25, 0.3) is 0 Å². The molecule has 0 spiro atoms. The maximum atomic E-state index is 11.6. The first kappa shape index (κ1) is 13.2. The standard InChI is InChI=1S/C10H16N4O3/c1-2-8(10(16)17)14-9(15)7(11)3-6-4-12-5-13-6/h4-5,7-8H,2-3,11H2,1H3,(H,12,13)(H,14,15)(H,16,17)/t7-,8+/m0/s1. The highest BCUT2D eigenvalue weighted by molar-refractivity contribution is 5.86. The summed E-state index contributed by atoms with van der Waals surface area (Å²) in [5.41, 5.74) is 6.39. The predicted molar refractivity (Wildman–Crippen MR) is 60.1 cm³/mol. The lowest BCUT2D eigenvalue weighted by atomic mass is 10.1. The molecule has 2 atom stereocenters. The SMILES string of the molecule is CC[C@@H](NC(=O)[C@@H](N)Cc1cnc[nH]1)C(=O)O. The fraction of sp³-hybridized carbons (Fsp3) is 0.500. The van der Waals surface area contributed by atoms with Crippen molar-refractivity contribution in [1.29, 1.82) is 0 Å². The molecule has 0 saturated carbocycles. The van der Waals surface area contributed by atoms with Gasteiger partial charge in [-0.2, -0.15) is 0 Å². The number of nitrogens with zero attached hydrogens (tertiary/aromatic N) is 1. The lowest BCUT2D eigenvalue weighted by Crippen LogP contribution is -2.49. The highest BCUT2D eigenvalue weighted by Crippen LogP contribution is 1.98. The van der Waals surface area contributed by atoms with E-state index in [1.807, 2.05) is 0 Å². The number of aliphatic carboxylic acids is 1. The smallest absolute Gasteiger partial charge is 0.326 e. The number of carbonyl (C=O) groups excluding carboxylic acids is 1. The van der Waals surface area contributed by atoms with Crippen molar-refractivity contribution in [3.63, 3.8) is 0 Å². The Morgan fingerprint density at radius 1 is 1.65 bits per heavy atom. The van der Waals surface area contributed by atoms with Crippen LogP contribution in [-0.4, -0.2) is 39.0 Å². The number of carboxylic acids is 1. The normalized spacial score (nSPS) is 14.0. The van der Waals surface area contributed by atoms with E-state index in [-0.39, 0.29) is 0 Å². The summed E-state index contributed by atoms with van der Waals surface area (Å²) in [6, 6.07) is -1.68. The minimum absolute atomic E-state index is 0.294. The van der Waals surface area contributed by atoms with E-state index in [9.17, 15) is 9.59 Å². The van der Waals surface area contributed by atoms with Crippen molar-refractivity contribution < 1.29 is 14.7 Å². The molecule has 0 unspecified atom stereocenters.